The molecule has 0 bridgehead atoms. The zero-order chi connectivity index (χ0) is 32.1. The Bertz CT molecular complexity index is 1330. The van der Waals surface area contributed by atoms with Crippen molar-refractivity contribution in [2.24, 2.45) is 11.8 Å². The molecular weight excluding hydrogens is 610 g/mol. The molecule has 3 aliphatic rings. The molecule has 0 radical (unpaired) electrons. The summed E-state index contributed by atoms with van der Waals surface area (Å²) < 4.78 is 79.1. The number of hydrogen-bond donors (Lipinski definition) is 0. The number of carbonyl (C=O) groups excluding carboxylic acids is 1. The fraction of sp³-hybridized carbons (Fsp3) is 0.710. The highest BCUT2D eigenvalue weighted by Crippen LogP contribution is 2.37. The third-order valence-electron chi connectivity index (χ3n) is 9.76. The maximum atomic E-state index is 14.2. The fourth-order valence-electron chi connectivity index (χ4n) is 7.25. The Hall–Kier alpha value is -1.93. The summed E-state index contributed by atoms with van der Waals surface area (Å²) in [7, 11) is -6.48. The lowest BCUT2D eigenvalue weighted by molar-refractivity contribution is -0.135. The molecular formula is C31H48F2N4O5S2. The van der Waals surface area contributed by atoms with E-state index in [0.29, 0.717) is 76.8 Å². The van der Waals surface area contributed by atoms with Gasteiger partial charge in [-0.15, -0.1) is 6.58 Å². The summed E-state index contributed by atoms with van der Waals surface area (Å²) in [6, 6.07) is 3.80. The zero-order valence-corrected chi connectivity index (χ0v) is 27.7. The summed E-state index contributed by atoms with van der Waals surface area (Å²) in [5, 5.41) is 0. The summed E-state index contributed by atoms with van der Waals surface area (Å²) in [6.45, 7) is 8.42. The fourth-order valence-corrected chi connectivity index (χ4v) is 9.00. The van der Waals surface area contributed by atoms with Crippen LogP contribution >= 0.6 is 0 Å². The Morgan fingerprint density at radius 1 is 0.886 bits per heavy atom. The van der Waals surface area contributed by atoms with Crippen LogP contribution in [0.3, 0.4) is 0 Å². The average Bonchev–Trinajstić information content (AvgIpc) is 2.95. The van der Waals surface area contributed by atoms with Crippen molar-refractivity contribution in [3.63, 3.8) is 0 Å². The molecule has 248 valence electrons. The molecule has 3 fully saturated rings. The highest BCUT2D eigenvalue weighted by atomic mass is 32.2. The van der Waals surface area contributed by atoms with E-state index in [9.17, 15) is 30.4 Å². The number of likely N-dealkylation sites (tertiary alicyclic amines) is 1. The Morgan fingerprint density at radius 2 is 1.41 bits per heavy atom. The van der Waals surface area contributed by atoms with E-state index in [1.807, 2.05) is 4.90 Å². The number of amides is 1. The minimum Gasteiger partial charge on any atom is -0.336 e. The molecule has 1 aromatic rings. The van der Waals surface area contributed by atoms with Gasteiger partial charge in [0, 0.05) is 64.3 Å². The summed E-state index contributed by atoms with van der Waals surface area (Å²) in [4.78, 5) is 17.7. The van der Waals surface area contributed by atoms with Crippen LogP contribution in [0.1, 0.15) is 62.8 Å². The number of sulfonamides is 2. The largest absolute Gasteiger partial charge is 0.336 e. The van der Waals surface area contributed by atoms with Crippen molar-refractivity contribution in [2.75, 3.05) is 64.9 Å². The smallest absolute Gasteiger partial charge is 0.223 e. The Morgan fingerprint density at radius 3 is 1.91 bits per heavy atom. The van der Waals surface area contributed by atoms with Crippen molar-refractivity contribution < 1.29 is 30.4 Å². The van der Waals surface area contributed by atoms with E-state index in [4.69, 9.17) is 0 Å². The second kappa shape index (κ2) is 15.1. The highest BCUT2D eigenvalue weighted by Gasteiger charge is 2.34. The quantitative estimate of drug-likeness (QED) is 0.318. The van der Waals surface area contributed by atoms with Crippen LogP contribution in [0.2, 0.25) is 0 Å². The van der Waals surface area contributed by atoms with E-state index in [1.54, 1.807) is 6.08 Å². The summed E-state index contributed by atoms with van der Waals surface area (Å²) in [5.41, 5.74) is 0.625. The van der Waals surface area contributed by atoms with Gasteiger partial charge in [0.15, 0.2) is 0 Å². The molecule has 0 N–H and O–H groups in total. The molecule has 4 rings (SSSR count). The Labute approximate surface area is 262 Å². The van der Waals surface area contributed by atoms with E-state index >= 15 is 0 Å². The van der Waals surface area contributed by atoms with Gasteiger partial charge in [-0.05, 0) is 86.9 Å². The number of rotatable bonds is 12. The van der Waals surface area contributed by atoms with Gasteiger partial charge in [-0.1, -0.05) is 6.08 Å². The Kier molecular flexibility index (Phi) is 12.0. The SMILES string of the molecule is C=CCN(C(=O)CC1CCN(S(C)(=O)=O)CC1)C1CCN(CCC(c2cc(F)cc(F)c2)C2CCN(S(C)(=O)=O)CC2)CC1. The van der Waals surface area contributed by atoms with Gasteiger partial charge in [0.05, 0.1) is 12.5 Å². The number of piperidine rings is 3. The first kappa shape index (κ1) is 34.9. The van der Waals surface area contributed by atoms with E-state index in [-0.39, 0.29) is 29.7 Å². The highest BCUT2D eigenvalue weighted by molar-refractivity contribution is 7.88. The normalized spacial score (nSPS) is 21.7. The molecule has 3 heterocycles. The third-order valence-corrected chi connectivity index (χ3v) is 12.4. The van der Waals surface area contributed by atoms with Gasteiger partial charge in [-0.3, -0.25) is 4.79 Å². The number of halogens is 2. The van der Waals surface area contributed by atoms with Crippen LogP contribution < -0.4 is 0 Å². The van der Waals surface area contributed by atoms with Crippen molar-refractivity contribution in [1.82, 2.24) is 18.4 Å². The minimum atomic E-state index is -3.27. The molecule has 1 atom stereocenters. The molecule has 3 aliphatic heterocycles. The molecule has 0 aliphatic carbocycles. The maximum absolute atomic E-state index is 14.2. The number of benzene rings is 1. The molecule has 3 saturated heterocycles. The lowest BCUT2D eigenvalue weighted by atomic mass is 9.78. The average molecular weight is 659 g/mol. The zero-order valence-electron chi connectivity index (χ0n) is 26.0. The standard InChI is InChI=1S/C31H48F2N4O5S2/c1-4-12-37(31(38)20-24-5-16-35(17-6-24)43(2,39)40)29-9-13-34(14-10-29)15-11-30(26-21-27(32)23-28(33)22-26)25-7-18-36(19-8-25)44(3,41)42/h4,21-25,29-30H,1,5-20H2,2-3H3. The molecule has 1 aromatic carbocycles. The van der Waals surface area contributed by atoms with Crippen molar-refractivity contribution >= 4 is 26.0 Å². The predicted molar refractivity (Wildman–Crippen MR) is 168 cm³/mol. The Balaban J connectivity index is 1.32. The number of hydrogen-bond acceptors (Lipinski definition) is 6. The van der Waals surface area contributed by atoms with Gasteiger partial charge >= 0.3 is 0 Å². The van der Waals surface area contributed by atoms with Crippen LogP contribution in [0.15, 0.2) is 30.9 Å². The second-order valence-electron chi connectivity index (χ2n) is 12.8. The summed E-state index contributed by atoms with van der Waals surface area (Å²) in [5.74, 6) is -0.916. The van der Waals surface area contributed by atoms with Crippen molar-refractivity contribution in [3.05, 3.63) is 48.1 Å². The molecule has 1 amide bonds. The predicted octanol–water partition coefficient (Wildman–Crippen LogP) is 3.65. The van der Waals surface area contributed by atoms with Crippen LogP contribution in [0.5, 0.6) is 0 Å². The van der Waals surface area contributed by atoms with E-state index < -0.39 is 31.7 Å². The van der Waals surface area contributed by atoms with E-state index in [1.165, 1.54) is 33.3 Å². The van der Waals surface area contributed by atoms with Crippen LogP contribution in [0.25, 0.3) is 0 Å². The molecule has 13 heteroatoms. The summed E-state index contributed by atoms with van der Waals surface area (Å²) in [6.07, 6.45) is 9.60. The van der Waals surface area contributed by atoms with E-state index in [0.717, 1.165) is 38.5 Å². The topological polar surface area (TPSA) is 98.3 Å². The number of nitrogens with zero attached hydrogens (tertiary/aromatic N) is 4. The van der Waals surface area contributed by atoms with Gasteiger partial charge in [-0.2, -0.15) is 0 Å². The van der Waals surface area contributed by atoms with E-state index in [2.05, 4.69) is 11.5 Å². The first-order valence-corrected chi connectivity index (χ1v) is 19.4. The first-order chi connectivity index (χ1) is 20.7. The number of carbonyl (C=O) groups is 1. The van der Waals surface area contributed by atoms with Crippen molar-refractivity contribution in [1.29, 1.82) is 0 Å². The van der Waals surface area contributed by atoms with Crippen molar-refractivity contribution in [2.45, 2.75) is 63.3 Å². The van der Waals surface area contributed by atoms with Gasteiger partial charge in [0.2, 0.25) is 26.0 Å². The molecule has 0 spiro atoms. The van der Waals surface area contributed by atoms with Gasteiger partial charge in [-0.25, -0.2) is 34.2 Å². The van der Waals surface area contributed by atoms with Crippen molar-refractivity contribution in [3.8, 4) is 0 Å². The third kappa shape index (κ3) is 9.54. The first-order valence-electron chi connectivity index (χ1n) is 15.7. The molecule has 0 saturated carbocycles. The minimum absolute atomic E-state index is 0.0902. The van der Waals surface area contributed by atoms with Gasteiger partial charge in [0.25, 0.3) is 0 Å². The molecule has 9 nitrogen and oxygen atoms in total. The monoisotopic (exact) mass is 658 g/mol. The summed E-state index contributed by atoms with van der Waals surface area (Å²) >= 11 is 0. The van der Waals surface area contributed by atoms with Crippen LogP contribution in [-0.2, 0) is 24.8 Å². The van der Waals surface area contributed by atoms with Crippen LogP contribution in [0, 0.1) is 23.5 Å². The molecule has 44 heavy (non-hydrogen) atoms. The van der Waals surface area contributed by atoms with Crippen LogP contribution in [-0.4, -0.2) is 112 Å². The molecule has 0 aromatic heterocycles. The van der Waals surface area contributed by atoms with Crippen LogP contribution in [0.4, 0.5) is 8.78 Å². The van der Waals surface area contributed by atoms with Gasteiger partial charge < -0.3 is 9.80 Å². The lowest BCUT2D eigenvalue weighted by Crippen LogP contribution is -2.48. The van der Waals surface area contributed by atoms with Gasteiger partial charge in [0.1, 0.15) is 11.6 Å². The second-order valence-corrected chi connectivity index (χ2v) is 16.8. The maximum Gasteiger partial charge on any atom is 0.223 e. The lowest BCUT2D eigenvalue weighted by Gasteiger charge is -2.40. The molecule has 1 unspecified atom stereocenters.